The Hall–Kier alpha value is -2.02. The Morgan fingerprint density at radius 1 is 1.28 bits per heavy atom. The minimum atomic E-state index is -0.173. The van der Waals surface area contributed by atoms with Crippen molar-refractivity contribution >= 4 is 39.2 Å². The van der Waals surface area contributed by atoms with Crippen LogP contribution in [0.1, 0.15) is 18.7 Å². The van der Waals surface area contributed by atoms with E-state index < -0.39 is 0 Å². The van der Waals surface area contributed by atoms with Crippen molar-refractivity contribution in [3.8, 4) is 0 Å². The monoisotopic (exact) mass is 262 g/mol. The molecule has 3 rings (SSSR count). The van der Waals surface area contributed by atoms with Gasteiger partial charge in [0, 0.05) is 12.8 Å². The molecule has 1 fully saturated rings. The number of nitrogen functional groups attached to an aromatic ring is 1. The summed E-state index contributed by atoms with van der Waals surface area (Å²) in [7, 11) is 0. The summed E-state index contributed by atoms with van der Waals surface area (Å²) < 4.78 is 0. The van der Waals surface area contributed by atoms with Crippen LogP contribution < -0.4 is 5.73 Å². The molecule has 0 saturated carbocycles. The fourth-order valence-corrected chi connectivity index (χ4v) is 2.73. The van der Waals surface area contributed by atoms with Crippen LogP contribution in [0.25, 0.3) is 10.2 Å². The molecule has 0 aliphatic carbocycles. The average Bonchev–Trinajstić information content (AvgIpc) is 2.91. The maximum absolute atomic E-state index is 11.5. The third-order valence-electron chi connectivity index (χ3n) is 2.86. The molecule has 18 heavy (non-hydrogen) atoms. The van der Waals surface area contributed by atoms with Gasteiger partial charge in [-0.05, 0) is 11.4 Å². The van der Waals surface area contributed by atoms with E-state index in [1.54, 1.807) is 0 Å². The van der Waals surface area contributed by atoms with E-state index in [0.717, 1.165) is 10.2 Å². The number of fused-ring (bicyclic) bond motifs is 1. The van der Waals surface area contributed by atoms with Gasteiger partial charge in [-0.1, -0.05) is 0 Å². The molecule has 0 spiro atoms. The normalized spacial score (nSPS) is 15.9. The van der Waals surface area contributed by atoms with Gasteiger partial charge in [0.25, 0.3) is 0 Å². The summed E-state index contributed by atoms with van der Waals surface area (Å²) in [5, 5.41) is 2.69. The van der Waals surface area contributed by atoms with E-state index in [2.05, 4.69) is 9.97 Å². The summed E-state index contributed by atoms with van der Waals surface area (Å²) in [6, 6.07) is 1.85. The van der Waals surface area contributed by atoms with Gasteiger partial charge in [0.15, 0.2) is 5.82 Å². The number of anilines is 1. The molecule has 0 bridgehead atoms. The quantitative estimate of drug-likeness (QED) is 0.813. The van der Waals surface area contributed by atoms with Crippen LogP contribution in [-0.4, -0.2) is 26.7 Å². The average molecular weight is 262 g/mol. The predicted molar refractivity (Wildman–Crippen MR) is 66.6 cm³/mol. The van der Waals surface area contributed by atoms with Gasteiger partial charge in [0.1, 0.15) is 10.6 Å². The second-order valence-corrected chi connectivity index (χ2v) is 4.93. The standard InChI is InChI=1S/C11H10N4O2S/c12-10-6-3-4-18-11(6)14-7(13-10)5-15-8(16)1-2-9(15)17/h3-4H,1-2,5H2,(H2,12,13,14). The maximum atomic E-state index is 11.5. The summed E-state index contributed by atoms with van der Waals surface area (Å²) in [6.07, 6.45) is 0.547. The van der Waals surface area contributed by atoms with E-state index in [0.29, 0.717) is 11.6 Å². The molecule has 1 aliphatic rings. The smallest absolute Gasteiger partial charge is 0.230 e. The first kappa shape index (κ1) is 11.1. The van der Waals surface area contributed by atoms with E-state index in [-0.39, 0.29) is 31.2 Å². The number of likely N-dealkylation sites (tertiary alicyclic amines) is 1. The Balaban J connectivity index is 1.95. The second-order valence-electron chi connectivity index (χ2n) is 4.04. The zero-order valence-corrected chi connectivity index (χ0v) is 10.2. The number of nitrogens with zero attached hydrogens (tertiary/aromatic N) is 3. The molecule has 0 aromatic carbocycles. The summed E-state index contributed by atoms with van der Waals surface area (Å²) >= 11 is 1.46. The number of amides is 2. The lowest BCUT2D eigenvalue weighted by atomic mass is 10.3. The molecular formula is C11H10N4O2S. The largest absolute Gasteiger partial charge is 0.383 e. The zero-order valence-electron chi connectivity index (χ0n) is 9.42. The molecule has 92 valence electrons. The van der Waals surface area contributed by atoms with Crippen LogP contribution >= 0.6 is 11.3 Å². The van der Waals surface area contributed by atoms with E-state index in [4.69, 9.17) is 5.73 Å². The van der Waals surface area contributed by atoms with Crippen molar-refractivity contribution in [2.75, 3.05) is 5.73 Å². The highest BCUT2D eigenvalue weighted by Crippen LogP contribution is 2.24. The molecule has 0 atom stereocenters. The van der Waals surface area contributed by atoms with Crippen molar-refractivity contribution in [2.24, 2.45) is 0 Å². The molecule has 2 aromatic heterocycles. The van der Waals surface area contributed by atoms with E-state index >= 15 is 0 Å². The molecule has 3 heterocycles. The third-order valence-corrected chi connectivity index (χ3v) is 3.66. The van der Waals surface area contributed by atoms with E-state index in [1.807, 2.05) is 11.4 Å². The molecule has 7 heteroatoms. The number of imide groups is 1. The molecule has 2 amide bonds. The Morgan fingerprint density at radius 2 is 2.00 bits per heavy atom. The van der Waals surface area contributed by atoms with Gasteiger partial charge in [0.05, 0.1) is 11.9 Å². The molecule has 1 aliphatic heterocycles. The maximum Gasteiger partial charge on any atom is 0.230 e. The number of hydrogen-bond donors (Lipinski definition) is 1. The van der Waals surface area contributed by atoms with Crippen molar-refractivity contribution in [3.63, 3.8) is 0 Å². The lowest BCUT2D eigenvalue weighted by Gasteiger charge is -2.12. The van der Waals surface area contributed by atoms with Crippen LogP contribution in [-0.2, 0) is 16.1 Å². The summed E-state index contributed by atoms with van der Waals surface area (Å²) in [5.74, 6) is 0.447. The molecule has 1 saturated heterocycles. The minimum absolute atomic E-state index is 0.107. The predicted octanol–water partition coefficient (Wildman–Crippen LogP) is 0.923. The highest BCUT2D eigenvalue weighted by Gasteiger charge is 2.29. The summed E-state index contributed by atoms with van der Waals surface area (Å²) in [4.78, 5) is 33.4. The summed E-state index contributed by atoms with van der Waals surface area (Å²) in [5.41, 5.74) is 5.81. The SMILES string of the molecule is Nc1nc(CN2C(=O)CCC2=O)nc2sccc12. The van der Waals surface area contributed by atoms with Crippen LogP contribution in [0.2, 0.25) is 0 Å². The van der Waals surface area contributed by atoms with Crippen molar-refractivity contribution in [3.05, 3.63) is 17.3 Å². The highest BCUT2D eigenvalue weighted by atomic mass is 32.1. The van der Waals surface area contributed by atoms with E-state index in [1.165, 1.54) is 16.2 Å². The van der Waals surface area contributed by atoms with Gasteiger partial charge in [-0.15, -0.1) is 11.3 Å². The number of aromatic nitrogens is 2. The second kappa shape index (κ2) is 4.02. The Kier molecular flexibility index (Phi) is 2.48. The number of carbonyl (C=O) groups is 2. The Labute approximate surface area is 106 Å². The lowest BCUT2D eigenvalue weighted by molar-refractivity contribution is -0.139. The van der Waals surface area contributed by atoms with Gasteiger partial charge in [0.2, 0.25) is 11.8 Å². The fraction of sp³-hybridized carbons (Fsp3) is 0.273. The number of carbonyl (C=O) groups excluding carboxylic acids is 2. The van der Waals surface area contributed by atoms with Crippen molar-refractivity contribution in [1.82, 2.24) is 14.9 Å². The molecule has 2 N–H and O–H groups in total. The third kappa shape index (κ3) is 1.72. The molecule has 0 unspecified atom stereocenters. The molecule has 0 radical (unpaired) electrons. The first-order chi connectivity index (χ1) is 8.65. The number of rotatable bonds is 2. The topological polar surface area (TPSA) is 89.2 Å². The Morgan fingerprint density at radius 3 is 2.72 bits per heavy atom. The van der Waals surface area contributed by atoms with Gasteiger partial charge in [-0.25, -0.2) is 9.97 Å². The number of thiophene rings is 1. The molecule has 2 aromatic rings. The molecule has 6 nitrogen and oxygen atoms in total. The number of hydrogen-bond acceptors (Lipinski definition) is 6. The van der Waals surface area contributed by atoms with Crippen LogP contribution in [0.5, 0.6) is 0 Å². The zero-order chi connectivity index (χ0) is 12.7. The molecular weight excluding hydrogens is 252 g/mol. The van der Waals surface area contributed by atoms with Crippen molar-refractivity contribution in [2.45, 2.75) is 19.4 Å². The van der Waals surface area contributed by atoms with Crippen molar-refractivity contribution in [1.29, 1.82) is 0 Å². The highest BCUT2D eigenvalue weighted by molar-refractivity contribution is 7.16. The van der Waals surface area contributed by atoms with Gasteiger partial charge in [-0.2, -0.15) is 0 Å². The van der Waals surface area contributed by atoms with Gasteiger partial charge >= 0.3 is 0 Å². The lowest BCUT2D eigenvalue weighted by Crippen LogP contribution is -2.29. The van der Waals surface area contributed by atoms with Crippen LogP contribution in [0.15, 0.2) is 11.4 Å². The van der Waals surface area contributed by atoms with Gasteiger partial charge in [-0.3, -0.25) is 14.5 Å². The Bertz CT molecular complexity index is 636. The summed E-state index contributed by atoms with van der Waals surface area (Å²) in [6.45, 7) is 0.107. The van der Waals surface area contributed by atoms with Crippen LogP contribution in [0.4, 0.5) is 5.82 Å². The van der Waals surface area contributed by atoms with E-state index in [9.17, 15) is 9.59 Å². The number of nitrogens with two attached hydrogens (primary N) is 1. The van der Waals surface area contributed by atoms with Crippen LogP contribution in [0.3, 0.4) is 0 Å². The van der Waals surface area contributed by atoms with Crippen molar-refractivity contribution < 1.29 is 9.59 Å². The van der Waals surface area contributed by atoms with Gasteiger partial charge < -0.3 is 5.73 Å². The first-order valence-electron chi connectivity index (χ1n) is 5.48. The fourth-order valence-electron chi connectivity index (χ4n) is 1.94. The minimum Gasteiger partial charge on any atom is -0.383 e. The first-order valence-corrected chi connectivity index (χ1v) is 6.36. The van der Waals surface area contributed by atoms with Crippen LogP contribution in [0, 0.1) is 0 Å².